The molecule has 7 nitrogen and oxygen atoms in total. The number of hydrogen-bond donors (Lipinski definition) is 2. The molecule has 0 radical (unpaired) electrons. The van der Waals surface area contributed by atoms with E-state index >= 15 is 0 Å². The van der Waals surface area contributed by atoms with Crippen LogP contribution in [0.25, 0.3) is 0 Å². The first-order chi connectivity index (χ1) is 7.32. The molecule has 1 aliphatic rings. The number of carbonyl (C=O) groups excluding carboxylic acids is 1. The van der Waals surface area contributed by atoms with E-state index in [-0.39, 0.29) is 31.7 Å². The lowest BCUT2D eigenvalue weighted by Crippen LogP contribution is -2.58. The number of nitrogens with two attached hydrogens (primary N) is 1. The second-order valence-electron chi connectivity index (χ2n) is 3.91. The van der Waals surface area contributed by atoms with Crippen LogP contribution in [0.2, 0.25) is 0 Å². The summed E-state index contributed by atoms with van der Waals surface area (Å²) in [5.41, 5.74) is 0. The minimum Gasteiger partial charge on any atom is -0.378 e. The predicted molar refractivity (Wildman–Crippen MR) is 57.7 cm³/mol. The van der Waals surface area contributed by atoms with Gasteiger partial charge in [-0.15, -0.1) is 0 Å². The van der Waals surface area contributed by atoms with Crippen LogP contribution in [-0.2, 0) is 19.7 Å². The zero-order chi connectivity index (χ0) is 12.3. The molecule has 3 N–H and O–H groups in total. The van der Waals surface area contributed by atoms with Crippen molar-refractivity contribution < 1.29 is 17.9 Å². The van der Waals surface area contributed by atoms with Crippen molar-refractivity contribution >= 4 is 16.1 Å². The zero-order valence-corrected chi connectivity index (χ0v) is 10.2. The van der Waals surface area contributed by atoms with Crippen LogP contribution < -0.4 is 10.5 Å². The molecule has 1 fully saturated rings. The molecule has 0 saturated carbocycles. The summed E-state index contributed by atoms with van der Waals surface area (Å²) < 4.78 is 28.6. The number of nitrogens with one attached hydrogen (secondary N) is 1. The van der Waals surface area contributed by atoms with Gasteiger partial charge in [-0.05, 0) is 13.8 Å². The Morgan fingerprint density at radius 1 is 1.56 bits per heavy atom. The van der Waals surface area contributed by atoms with Crippen molar-refractivity contribution in [3.63, 3.8) is 0 Å². The molecule has 8 heteroatoms. The fraction of sp³-hybridized carbons (Fsp3) is 0.875. The van der Waals surface area contributed by atoms with E-state index < -0.39 is 16.3 Å². The number of rotatable bonds is 3. The van der Waals surface area contributed by atoms with Gasteiger partial charge in [-0.1, -0.05) is 0 Å². The Bertz CT molecular complexity index is 354. The van der Waals surface area contributed by atoms with Gasteiger partial charge in [-0.25, -0.2) is 5.14 Å². The Balaban J connectivity index is 2.79. The molecule has 94 valence electrons. The fourth-order valence-corrected chi connectivity index (χ4v) is 2.32. The standard InChI is InChI=1S/C8H17N3O4S/c1-6(2)10-8(12)7-5-15-4-3-11(7)16(9,13)14/h6-7H,3-5H2,1-2H3,(H,10,12)(H2,9,13,14). The van der Waals surface area contributed by atoms with Gasteiger partial charge in [0.25, 0.3) is 10.2 Å². The summed E-state index contributed by atoms with van der Waals surface area (Å²) in [5.74, 6) is -0.385. The first kappa shape index (κ1) is 13.4. The second kappa shape index (κ2) is 5.09. The number of nitrogens with zero attached hydrogens (tertiary/aromatic N) is 1. The lowest BCUT2D eigenvalue weighted by molar-refractivity contribution is -0.129. The maximum Gasteiger partial charge on any atom is 0.277 e. The molecule has 0 aromatic heterocycles. The van der Waals surface area contributed by atoms with Crippen LogP contribution in [0.1, 0.15) is 13.8 Å². The monoisotopic (exact) mass is 251 g/mol. The van der Waals surface area contributed by atoms with Crippen LogP contribution >= 0.6 is 0 Å². The summed E-state index contributed by atoms with van der Waals surface area (Å²) in [6.07, 6.45) is 0. The number of hydrogen-bond acceptors (Lipinski definition) is 4. The topological polar surface area (TPSA) is 102 Å². The van der Waals surface area contributed by atoms with Gasteiger partial charge in [-0.3, -0.25) is 4.79 Å². The lowest BCUT2D eigenvalue weighted by atomic mass is 10.2. The van der Waals surface area contributed by atoms with E-state index in [4.69, 9.17) is 9.88 Å². The Morgan fingerprint density at radius 2 is 2.19 bits per heavy atom. The molecule has 1 amide bonds. The van der Waals surface area contributed by atoms with E-state index in [1.807, 2.05) is 0 Å². The molecule has 0 aromatic carbocycles. The van der Waals surface area contributed by atoms with E-state index in [2.05, 4.69) is 5.32 Å². The van der Waals surface area contributed by atoms with Crippen molar-refractivity contribution in [2.75, 3.05) is 19.8 Å². The van der Waals surface area contributed by atoms with Crippen LogP contribution in [0, 0.1) is 0 Å². The maximum absolute atomic E-state index is 11.7. The maximum atomic E-state index is 11.7. The second-order valence-corrected chi connectivity index (χ2v) is 5.41. The van der Waals surface area contributed by atoms with E-state index in [1.54, 1.807) is 13.8 Å². The van der Waals surface area contributed by atoms with Crippen molar-refractivity contribution in [2.24, 2.45) is 5.14 Å². The number of ether oxygens (including phenoxy) is 1. The molecule has 0 aromatic rings. The normalized spacial score (nSPS) is 23.4. The van der Waals surface area contributed by atoms with Gasteiger partial charge in [0.1, 0.15) is 6.04 Å². The van der Waals surface area contributed by atoms with Gasteiger partial charge >= 0.3 is 0 Å². The third-order valence-electron chi connectivity index (χ3n) is 2.14. The molecule has 0 bridgehead atoms. The molecule has 1 rings (SSSR count). The number of carbonyl (C=O) groups is 1. The van der Waals surface area contributed by atoms with Gasteiger partial charge in [0, 0.05) is 12.6 Å². The summed E-state index contributed by atoms with van der Waals surface area (Å²) in [6, 6.07) is -0.928. The van der Waals surface area contributed by atoms with Crippen molar-refractivity contribution in [3.05, 3.63) is 0 Å². The highest BCUT2D eigenvalue weighted by Gasteiger charge is 2.35. The molecular weight excluding hydrogens is 234 g/mol. The van der Waals surface area contributed by atoms with Crippen molar-refractivity contribution in [2.45, 2.75) is 25.9 Å². The molecule has 0 aliphatic carbocycles. The number of amides is 1. The highest BCUT2D eigenvalue weighted by atomic mass is 32.2. The van der Waals surface area contributed by atoms with Crippen molar-refractivity contribution in [1.82, 2.24) is 9.62 Å². The first-order valence-corrected chi connectivity index (χ1v) is 6.50. The molecule has 1 atom stereocenters. The van der Waals surface area contributed by atoms with E-state index in [0.717, 1.165) is 4.31 Å². The molecule has 1 aliphatic heterocycles. The molecule has 1 unspecified atom stereocenters. The zero-order valence-electron chi connectivity index (χ0n) is 9.34. The van der Waals surface area contributed by atoms with Gasteiger partial charge in [-0.2, -0.15) is 12.7 Å². The van der Waals surface area contributed by atoms with Gasteiger partial charge in [0.2, 0.25) is 5.91 Å². The summed E-state index contributed by atoms with van der Waals surface area (Å²) in [5, 5.41) is 7.67. The van der Waals surface area contributed by atoms with Crippen LogP contribution in [0.5, 0.6) is 0 Å². The minimum atomic E-state index is -3.86. The average molecular weight is 251 g/mol. The highest BCUT2D eigenvalue weighted by Crippen LogP contribution is 2.10. The molecule has 1 saturated heterocycles. The summed E-state index contributed by atoms with van der Waals surface area (Å²) in [4.78, 5) is 11.7. The predicted octanol–water partition coefficient (Wildman–Crippen LogP) is -1.58. The minimum absolute atomic E-state index is 0.0367. The van der Waals surface area contributed by atoms with E-state index in [9.17, 15) is 13.2 Å². The van der Waals surface area contributed by atoms with Crippen LogP contribution in [0.4, 0.5) is 0 Å². The fourth-order valence-electron chi connectivity index (χ4n) is 1.48. The molecule has 0 spiro atoms. The SMILES string of the molecule is CC(C)NC(=O)C1COCCN1S(N)(=O)=O. The Morgan fingerprint density at radius 3 is 2.69 bits per heavy atom. The summed E-state index contributed by atoms with van der Waals surface area (Å²) >= 11 is 0. The third kappa shape index (κ3) is 3.41. The van der Waals surface area contributed by atoms with Crippen molar-refractivity contribution in [1.29, 1.82) is 0 Å². The largest absolute Gasteiger partial charge is 0.378 e. The van der Waals surface area contributed by atoms with Crippen LogP contribution in [0.15, 0.2) is 0 Å². The third-order valence-corrected chi connectivity index (χ3v) is 3.23. The van der Waals surface area contributed by atoms with E-state index in [1.165, 1.54) is 0 Å². The summed E-state index contributed by atoms with van der Waals surface area (Å²) in [6.45, 7) is 3.98. The Labute approximate surface area is 95.1 Å². The average Bonchev–Trinajstić information content (AvgIpc) is 2.15. The van der Waals surface area contributed by atoms with Crippen LogP contribution in [0.3, 0.4) is 0 Å². The van der Waals surface area contributed by atoms with Gasteiger partial charge < -0.3 is 10.1 Å². The smallest absolute Gasteiger partial charge is 0.277 e. The quantitative estimate of drug-likeness (QED) is 0.631. The molecular formula is C8H17N3O4S. The molecule has 1 heterocycles. The van der Waals surface area contributed by atoms with Crippen molar-refractivity contribution in [3.8, 4) is 0 Å². The highest BCUT2D eigenvalue weighted by molar-refractivity contribution is 7.86. The molecule has 16 heavy (non-hydrogen) atoms. The Hall–Kier alpha value is -0.700. The van der Waals surface area contributed by atoms with Gasteiger partial charge in [0.05, 0.1) is 13.2 Å². The van der Waals surface area contributed by atoms with E-state index in [0.29, 0.717) is 0 Å². The van der Waals surface area contributed by atoms with Gasteiger partial charge in [0.15, 0.2) is 0 Å². The summed E-state index contributed by atoms with van der Waals surface area (Å²) in [7, 11) is -3.86. The lowest BCUT2D eigenvalue weighted by Gasteiger charge is -2.32. The Kier molecular flexibility index (Phi) is 4.25. The van der Waals surface area contributed by atoms with Crippen LogP contribution in [-0.4, -0.2) is 50.5 Å². The first-order valence-electron chi connectivity index (χ1n) is 5.00. The number of morpholine rings is 1.